The normalized spacial score (nSPS) is 33.4. The molecule has 24 N–H and O–H groups in total. The van der Waals surface area contributed by atoms with Crippen molar-refractivity contribution in [1.29, 1.82) is 10.8 Å². The van der Waals surface area contributed by atoms with Gasteiger partial charge in [-0.2, -0.15) is 0 Å². The minimum absolute atomic E-state index is 0.0499. The van der Waals surface area contributed by atoms with Crippen molar-refractivity contribution in [1.82, 2.24) is 52.8 Å². The number of guanidine groups is 2. The maximum atomic E-state index is 15.2. The average molecular weight is 1520 g/mol. The molecule has 0 aromatic heterocycles. The quantitative estimate of drug-likeness (QED) is 0.0310. The number of carbonyl (C=O) groups excluding carboxylic acids is 6. The zero-order chi connectivity index (χ0) is 77.8. The van der Waals surface area contributed by atoms with Crippen molar-refractivity contribution >= 4 is 47.4 Å². The van der Waals surface area contributed by atoms with Gasteiger partial charge in [0.05, 0.1) is 58.8 Å². The smallest absolute Gasteiger partial charge is 0.246 e. The molecule has 6 amide bonds. The van der Waals surface area contributed by atoms with Crippen LogP contribution in [0, 0.1) is 10.8 Å². The molecule has 0 radical (unpaired) electrons. The van der Waals surface area contributed by atoms with Crippen molar-refractivity contribution in [2.75, 3.05) is 53.2 Å². The van der Waals surface area contributed by atoms with Gasteiger partial charge in [0, 0.05) is 25.4 Å². The van der Waals surface area contributed by atoms with E-state index in [9.17, 15) is 85.6 Å². The predicted octanol–water partition coefficient (Wildman–Crippen LogP) is -9.38. The molecule has 6 saturated heterocycles. The molecule has 0 spiro atoms. The van der Waals surface area contributed by atoms with E-state index in [-0.39, 0.29) is 43.6 Å². The van der Waals surface area contributed by atoms with Crippen molar-refractivity contribution in [3.8, 4) is 17.2 Å². The van der Waals surface area contributed by atoms with Crippen molar-refractivity contribution in [3.63, 3.8) is 0 Å². The van der Waals surface area contributed by atoms with Crippen molar-refractivity contribution in [2.24, 2.45) is 0 Å². The molecule has 0 aliphatic carbocycles. The van der Waals surface area contributed by atoms with Gasteiger partial charge in [0.15, 0.2) is 35.9 Å². The summed E-state index contributed by atoms with van der Waals surface area (Å²) in [5.74, 6) is -8.47. The van der Waals surface area contributed by atoms with E-state index in [0.29, 0.717) is 22.6 Å². The molecule has 108 heavy (non-hydrogen) atoms. The molecule has 39 heteroatoms. The molecule has 6 aliphatic heterocycles. The second kappa shape index (κ2) is 36.9. The van der Waals surface area contributed by atoms with Crippen molar-refractivity contribution < 1.29 is 133 Å². The molecule has 0 bridgehead atoms. The molecule has 4 aromatic carbocycles. The Morgan fingerprint density at radius 2 is 1.15 bits per heavy atom. The van der Waals surface area contributed by atoms with E-state index < -0.39 is 233 Å². The van der Waals surface area contributed by atoms with Gasteiger partial charge in [-0.25, -0.2) is 0 Å². The summed E-state index contributed by atoms with van der Waals surface area (Å²) in [6.07, 6.45) is -32.0. The molecule has 4 aromatic rings. The van der Waals surface area contributed by atoms with E-state index in [1.807, 2.05) is 30.3 Å². The zero-order valence-corrected chi connectivity index (χ0v) is 58.3. The Morgan fingerprint density at radius 3 is 1.81 bits per heavy atom. The number of methoxy groups -OCH3 is 1. The van der Waals surface area contributed by atoms with Gasteiger partial charge in [0.2, 0.25) is 41.7 Å². The van der Waals surface area contributed by atoms with Gasteiger partial charge in [0.25, 0.3) is 0 Å². The maximum absolute atomic E-state index is 15.2. The second-order valence-corrected chi connectivity index (χ2v) is 26.7. The molecule has 0 saturated carbocycles. The lowest BCUT2D eigenvalue weighted by molar-refractivity contribution is -0.353. The van der Waals surface area contributed by atoms with Crippen LogP contribution in [0.1, 0.15) is 35.1 Å². The zero-order valence-electron chi connectivity index (χ0n) is 58.3. The number of carbonyl (C=O) groups is 6. The first kappa shape index (κ1) is 81.4. The number of nitrogens with zero attached hydrogens (tertiary/aromatic N) is 1. The van der Waals surface area contributed by atoms with Crippen molar-refractivity contribution in [2.45, 2.75) is 179 Å². The lowest BCUT2D eigenvalue weighted by Crippen LogP contribution is -2.69. The van der Waals surface area contributed by atoms with Gasteiger partial charge < -0.3 is 157 Å². The summed E-state index contributed by atoms with van der Waals surface area (Å²) in [4.78, 5) is 88.5. The number of amides is 6. The summed E-state index contributed by atoms with van der Waals surface area (Å²) < 4.78 is 46.7. The second-order valence-electron chi connectivity index (χ2n) is 26.7. The van der Waals surface area contributed by atoms with Crippen LogP contribution in [-0.4, -0.2) is 318 Å². The molecule has 39 nitrogen and oxygen atoms in total. The topological polar surface area (TPSA) is 598 Å². The Labute approximate surface area is 616 Å². The summed E-state index contributed by atoms with van der Waals surface area (Å²) in [6, 6.07) is 15.2. The summed E-state index contributed by atoms with van der Waals surface area (Å²) in [7, 11) is 1.49. The number of nitrogens with one attached hydrogen (secondary N) is 11. The number of aliphatic hydroxyl groups excluding tert-OH is 13. The maximum Gasteiger partial charge on any atom is 0.246 e. The van der Waals surface area contributed by atoms with Crippen LogP contribution in [0.3, 0.4) is 0 Å². The van der Waals surface area contributed by atoms with E-state index >= 15 is 9.59 Å². The summed E-state index contributed by atoms with van der Waals surface area (Å²) in [5, 5.41) is 183. The Balaban J connectivity index is 0.876. The molecule has 6 heterocycles. The Bertz CT molecular complexity index is 3730. The highest BCUT2D eigenvalue weighted by Gasteiger charge is 2.55. The average Bonchev–Trinajstić information content (AvgIpc) is 1.61. The first-order chi connectivity index (χ1) is 51.7. The van der Waals surface area contributed by atoms with Gasteiger partial charge >= 0.3 is 0 Å². The molecule has 25 unspecified atom stereocenters. The Hall–Kier alpha value is -9.08. The van der Waals surface area contributed by atoms with Gasteiger partial charge in [0.1, 0.15) is 128 Å². The molecule has 6 fully saturated rings. The largest absolute Gasteiger partial charge is 0.493 e. The van der Waals surface area contributed by atoms with E-state index in [1.165, 1.54) is 31.4 Å². The number of ether oxygens (including phenoxy) is 8. The monoisotopic (exact) mass is 1520 g/mol. The number of aliphatic hydroxyl groups is 13. The van der Waals surface area contributed by atoms with Crippen LogP contribution in [0.25, 0.3) is 0 Å². The van der Waals surface area contributed by atoms with Crippen LogP contribution >= 0.6 is 0 Å². The minimum Gasteiger partial charge on any atom is -0.493 e. The highest BCUT2D eigenvalue weighted by Crippen LogP contribution is 2.34. The first-order valence-electron chi connectivity index (χ1n) is 34.7. The first-order valence-corrected chi connectivity index (χ1v) is 34.7. The molecular formula is C69H92N12O27. The summed E-state index contributed by atoms with van der Waals surface area (Å²) in [5.41, 5.74) is 2.23. The highest BCUT2D eigenvalue weighted by atomic mass is 16.7. The highest BCUT2D eigenvalue weighted by molar-refractivity contribution is 5.98. The third-order valence-electron chi connectivity index (χ3n) is 19.4. The standard InChI is InChI=1S/C69H92N12O27/c1-30(34-11-7-4-8-12-34)46-62(98)75-36(19-31-13-16-35(17-14-31)104-66-58(95)55(92)59(43(26-84)106-66)108-67-57(94)54(91)52(89)44(107-67)29-102-27-33-15-18-40(101-2)41(20-33)103-28-32-9-5-3-6-10-32)61(97)79-47(49(86)37-21-73-68(70)77-37)64(100)80-48(63(99)76-38(24-82)60(96)72-23-45(85)78-46)50(87)39-22-74-69(71)81(39)65-56(93)53(90)51(88)42(25-83)105-65/h3-18,20,30,36-39,42-44,46-59,65-67,82-84,86-95H,19,21-29H2,1-2H3,(H2,71,74)(H,72,96)(H,75,98)(H,76,99)(H,78,85)(H,79,97)(H,80,100)(H3,70,73,77). The fraction of sp³-hybridized carbons (Fsp3) is 0.536. The lowest BCUT2D eigenvalue weighted by atomic mass is 9.92. The summed E-state index contributed by atoms with van der Waals surface area (Å²) in [6.45, 7) is -3.28. The number of hydrogen-bond acceptors (Lipinski definition) is 29. The van der Waals surface area contributed by atoms with Gasteiger partial charge in [-0.1, -0.05) is 85.8 Å². The Morgan fingerprint density at radius 1 is 0.537 bits per heavy atom. The van der Waals surface area contributed by atoms with Gasteiger partial charge in [-0.05, 0) is 46.5 Å². The van der Waals surface area contributed by atoms with Crippen molar-refractivity contribution in [3.05, 3.63) is 125 Å². The number of rotatable bonds is 24. The molecule has 25 atom stereocenters. The van der Waals surface area contributed by atoms with Gasteiger partial charge in [-0.3, -0.25) is 39.6 Å². The molecular weight excluding hydrogens is 1430 g/mol. The van der Waals surface area contributed by atoms with Crippen LogP contribution in [0.2, 0.25) is 0 Å². The van der Waals surface area contributed by atoms with Crippen LogP contribution in [-0.2, 0) is 72.1 Å². The fourth-order valence-corrected chi connectivity index (χ4v) is 13.2. The minimum atomic E-state index is -2.37. The van der Waals surface area contributed by atoms with Gasteiger partial charge in [-0.15, -0.1) is 0 Å². The fourth-order valence-electron chi connectivity index (χ4n) is 13.2. The number of hydrogen-bond donors (Lipinski definition) is 24. The molecule has 6 aliphatic rings. The van der Waals surface area contributed by atoms with Crippen LogP contribution in [0.15, 0.2) is 103 Å². The molecule has 590 valence electrons. The predicted molar refractivity (Wildman–Crippen MR) is 368 cm³/mol. The number of benzene rings is 4. The lowest BCUT2D eigenvalue weighted by Gasteiger charge is -2.46. The van der Waals surface area contributed by atoms with Crippen LogP contribution in [0.4, 0.5) is 0 Å². The third-order valence-corrected chi connectivity index (χ3v) is 19.4. The van der Waals surface area contributed by atoms with Crippen LogP contribution in [0.5, 0.6) is 17.2 Å². The van der Waals surface area contributed by atoms with E-state index in [0.717, 1.165) is 10.5 Å². The SMILES string of the molecule is COc1ccc(COCC2OC(OC3C(CO)OC(Oc4ccc(CC5NC(=O)C(C(C)c6ccccc6)NC(=O)CNC(=O)C(CO)NC(=O)C(C(O)C6CNC(=N)N6C6OC(CO)C(O)C(O)C6O)NC(=O)C(C(O)C6CNC(=N)N6)NC5=O)cc4)C(O)C3O)C(O)C(O)C2O)cc1OCc1ccccc1. The molecule has 10 rings (SSSR count). The van der Waals surface area contributed by atoms with E-state index in [4.69, 9.17) is 48.7 Å². The van der Waals surface area contributed by atoms with E-state index in [2.05, 4.69) is 47.9 Å². The van der Waals surface area contributed by atoms with Crippen LogP contribution < -0.4 is 62.1 Å². The van der Waals surface area contributed by atoms with E-state index in [1.54, 1.807) is 55.5 Å². The Kier molecular flexibility index (Phi) is 27.8. The third kappa shape index (κ3) is 19.1. The summed E-state index contributed by atoms with van der Waals surface area (Å²) >= 11 is 0.